The van der Waals surface area contributed by atoms with Gasteiger partial charge < -0.3 is 10.4 Å². The molecular weight excluding hydrogens is 370 g/mol. The maximum absolute atomic E-state index is 9.54. The van der Waals surface area contributed by atoms with Gasteiger partial charge in [0.25, 0.3) is 0 Å². The molecule has 10 nitrogen and oxygen atoms in total. The number of nitriles is 1. The minimum Gasteiger partial charge on any atom is -0.391 e. The van der Waals surface area contributed by atoms with Crippen LogP contribution in [0, 0.1) is 11.3 Å². The zero-order chi connectivity index (χ0) is 20.4. The first-order valence-corrected chi connectivity index (χ1v) is 9.15. The molecule has 2 N–H and O–H groups in total. The van der Waals surface area contributed by atoms with Gasteiger partial charge in [-0.2, -0.15) is 15.0 Å². The average molecular weight is 389 g/mol. The number of pyridine rings is 2. The Morgan fingerprint density at radius 1 is 1.24 bits per heavy atom. The summed E-state index contributed by atoms with van der Waals surface area (Å²) in [5, 5.41) is 35.3. The number of fused-ring (bicyclic) bond motifs is 1. The van der Waals surface area contributed by atoms with Crippen LogP contribution in [0.25, 0.3) is 28.1 Å². The van der Waals surface area contributed by atoms with E-state index in [4.69, 9.17) is 5.26 Å². The number of hydrogen-bond donors (Lipinski definition) is 2. The molecule has 0 fully saturated rings. The summed E-state index contributed by atoms with van der Waals surface area (Å²) >= 11 is 0. The normalized spacial score (nSPS) is 12.1. The van der Waals surface area contributed by atoms with Gasteiger partial charge in [-0.25, -0.2) is 14.6 Å². The molecule has 0 bridgehead atoms. The number of anilines is 1. The van der Waals surface area contributed by atoms with Gasteiger partial charge in [-0.1, -0.05) is 5.21 Å². The Bertz CT molecular complexity index is 1200. The highest BCUT2D eigenvalue weighted by molar-refractivity contribution is 5.79. The topological polar surface area (TPSA) is 130 Å². The fourth-order valence-electron chi connectivity index (χ4n) is 3.03. The van der Waals surface area contributed by atoms with E-state index < -0.39 is 6.10 Å². The fourth-order valence-corrected chi connectivity index (χ4v) is 3.03. The fraction of sp³-hybridized carbons (Fsp3) is 0.263. The second-order valence-corrected chi connectivity index (χ2v) is 6.60. The molecule has 10 heteroatoms. The van der Waals surface area contributed by atoms with Crippen molar-refractivity contribution < 1.29 is 5.11 Å². The first-order valence-electron chi connectivity index (χ1n) is 9.15. The lowest BCUT2D eigenvalue weighted by Gasteiger charge is -2.11. The maximum Gasteiger partial charge on any atom is 0.164 e. The average Bonchev–Trinajstić information content (AvgIpc) is 3.34. The highest BCUT2D eigenvalue weighted by Crippen LogP contribution is 2.28. The molecule has 4 aromatic rings. The monoisotopic (exact) mass is 389 g/mol. The Hall–Kier alpha value is -3.84. The van der Waals surface area contributed by atoms with Crippen LogP contribution in [0.2, 0.25) is 0 Å². The summed E-state index contributed by atoms with van der Waals surface area (Å²) in [5.41, 5.74) is 3.38. The quantitative estimate of drug-likeness (QED) is 0.510. The lowest BCUT2D eigenvalue weighted by Crippen LogP contribution is -2.11. The molecule has 0 spiro atoms. The summed E-state index contributed by atoms with van der Waals surface area (Å²) < 4.78 is 3.23. The van der Waals surface area contributed by atoms with Gasteiger partial charge in [-0.3, -0.25) is 0 Å². The number of nitrogens with zero attached hydrogens (tertiary/aromatic N) is 8. The van der Waals surface area contributed by atoms with Crippen LogP contribution in [0.1, 0.15) is 19.4 Å². The molecule has 4 rings (SSSR count). The molecule has 1 unspecified atom stereocenters. The molecular formula is C19H19N9O. The van der Waals surface area contributed by atoms with E-state index in [1.54, 1.807) is 40.9 Å². The number of hydrogen-bond acceptors (Lipinski definition) is 8. The molecule has 4 heterocycles. The van der Waals surface area contributed by atoms with Gasteiger partial charge in [0.15, 0.2) is 11.5 Å². The molecule has 0 amide bonds. The summed E-state index contributed by atoms with van der Waals surface area (Å²) in [4.78, 5) is 8.88. The lowest BCUT2D eigenvalue weighted by molar-refractivity contribution is 0.167. The van der Waals surface area contributed by atoms with Gasteiger partial charge in [0.1, 0.15) is 11.8 Å². The van der Waals surface area contributed by atoms with Crippen LogP contribution in [-0.2, 0) is 6.54 Å². The van der Waals surface area contributed by atoms with E-state index in [-0.39, 0.29) is 0 Å². The molecule has 0 aliphatic heterocycles. The number of rotatable bonds is 6. The molecule has 0 saturated carbocycles. The van der Waals surface area contributed by atoms with Crippen LogP contribution in [0.4, 0.5) is 5.69 Å². The van der Waals surface area contributed by atoms with Gasteiger partial charge in [-0.05, 0) is 19.9 Å². The van der Waals surface area contributed by atoms with Gasteiger partial charge in [0, 0.05) is 41.6 Å². The molecule has 4 aromatic heterocycles. The molecule has 0 aromatic carbocycles. The number of aliphatic hydroxyl groups is 1. The highest BCUT2D eigenvalue weighted by atomic mass is 16.3. The van der Waals surface area contributed by atoms with Gasteiger partial charge in [0.2, 0.25) is 0 Å². The van der Waals surface area contributed by atoms with Gasteiger partial charge in [-0.15, -0.1) is 5.10 Å². The minimum atomic E-state index is -0.513. The van der Waals surface area contributed by atoms with E-state index >= 15 is 0 Å². The van der Waals surface area contributed by atoms with E-state index in [1.165, 1.54) is 6.20 Å². The van der Waals surface area contributed by atoms with Crippen molar-refractivity contribution in [3.05, 3.63) is 42.5 Å². The Labute approximate surface area is 166 Å². The second kappa shape index (κ2) is 7.65. The second-order valence-electron chi connectivity index (χ2n) is 6.60. The molecule has 1 atom stereocenters. The Morgan fingerprint density at radius 2 is 2.10 bits per heavy atom. The Balaban J connectivity index is 1.75. The van der Waals surface area contributed by atoms with Crippen LogP contribution in [0.5, 0.6) is 0 Å². The van der Waals surface area contributed by atoms with E-state index in [0.29, 0.717) is 35.8 Å². The number of aromatic nitrogens is 7. The summed E-state index contributed by atoms with van der Waals surface area (Å²) in [6.07, 6.45) is 6.15. The van der Waals surface area contributed by atoms with Gasteiger partial charge >= 0.3 is 0 Å². The Morgan fingerprint density at radius 3 is 2.86 bits per heavy atom. The van der Waals surface area contributed by atoms with Crippen molar-refractivity contribution in [3.63, 3.8) is 0 Å². The third kappa shape index (κ3) is 3.63. The summed E-state index contributed by atoms with van der Waals surface area (Å²) in [6.45, 7) is 4.78. The van der Waals surface area contributed by atoms with Crippen molar-refractivity contribution >= 4 is 16.7 Å². The third-order valence-corrected chi connectivity index (χ3v) is 4.28. The predicted molar refractivity (Wildman–Crippen MR) is 106 cm³/mol. The van der Waals surface area contributed by atoms with Crippen molar-refractivity contribution in [2.24, 2.45) is 0 Å². The zero-order valence-corrected chi connectivity index (χ0v) is 16.0. The summed E-state index contributed by atoms with van der Waals surface area (Å²) in [6, 6.07) is 5.69. The summed E-state index contributed by atoms with van der Waals surface area (Å²) in [7, 11) is 0. The molecule has 0 radical (unpaired) electrons. The van der Waals surface area contributed by atoms with Crippen LogP contribution in [0.15, 0.2) is 36.9 Å². The van der Waals surface area contributed by atoms with Crippen molar-refractivity contribution in [2.75, 3.05) is 11.9 Å². The first-order chi connectivity index (χ1) is 14.1. The van der Waals surface area contributed by atoms with Crippen molar-refractivity contribution in [2.45, 2.75) is 26.5 Å². The smallest absolute Gasteiger partial charge is 0.164 e. The highest BCUT2D eigenvalue weighted by Gasteiger charge is 2.15. The van der Waals surface area contributed by atoms with E-state index in [2.05, 4.69) is 36.8 Å². The molecule has 29 heavy (non-hydrogen) atoms. The van der Waals surface area contributed by atoms with E-state index in [1.807, 2.05) is 13.0 Å². The van der Waals surface area contributed by atoms with Crippen LogP contribution in [0.3, 0.4) is 0 Å². The predicted octanol–water partition coefficient (Wildman–Crippen LogP) is 1.76. The zero-order valence-electron chi connectivity index (χ0n) is 16.0. The molecule has 146 valence electrons. The largest absolute Gasteiger partial charge is 0.391 e. The van der Waals surface area contributed by atoms with Crippen LogP contribution >= 0.6 is 0 Å². The van der Waals surface area contributed by atoms with Crippen LogP contribution < -0.4 is 5.32 Å². The lowest BCUT2D eigenvalue weighted by atomic mass is 10.1. The minimum absolute atomic E-state index is 0.366. The van der Waals surface area contributed by atoms with E-state index in [9.17, 15) is 5.11 Å². The van der Waals surface area contributed by atoms with Crippen LogP contribution in [-0.4, -0.2) is 52.5 Å². The van der Waals surface area contributed by atoms with E-state index in [0.717, 1.165) is 16.6 Å². The van der Waals surface area contributed by atoms with Crippen molar-refractivity contribution in [1.29, 1.82) is 5.26 Å². The van der Waals surface area contributed by atoms with Gasteiger partial charge in [0.05, 0.1) is 30.6 Å². The number of aliphatic hydroxyl groups excluding tert-OH is 1. The first kappa shape index (κ1) is 18.5. The Kier molecular flexibility index (Phi) is 4.88. The number of nitrogens with one attached hydrogen (secondary N) is 1. The molecule has 0 aliphatic rings. The standard InChI is InChI=1S/C19H19N9O/c1-3-21-16-5-18(28-19-14(8-24-28)4-13(6-20)7-23-19)22-9-15(16)17-11-27(26-25-17)10-12(2)29/h4-5,7-9,11-12,29H,3,10H2,1-2H3,(H,21,22). The van der Waals surface area contributed by atoms with Crippen molar-refractivity contribution in [3.8, 4) is 23.1 Å². The third-order valence-electron chi connectivity index (χ3n) is 4.28. The van der Waals surface area contributed by atoms with Crippen molar-refractivity contribution in [1.82, 2.24) is 34.7 Å². The summed E-state index contributed by atoms with van der Waals surface area (Å²) in [5.74, 6) is 0.591. The SMILES string of the molecule is CCNc1cc(-n2ncc3cc(C#N)cnc32)ncc1-c1cn(CC(C)O)nn1. The molecule has 0 saturated heterocycles. The molecule has 0 aliphatic carbocycles. The maximum atomic E-state index is 9.54.